The van der Waals surface area contributed by atoms with E-state index in [-0.39, 0.29) is 0 Å². The van der Waals surface area contributed by atoms with Gasteiger partial charge in [0.25, 0.3) is 0 Å². The largest absolute Gasteiger partial charge is 0.493 e. The van der Waals surface area contributed by atoms with E-state index in [1.165, 1.54) is 12.8 Å². The molecule has 1 aromatic heterocycles. The second-order valence-corrected chi connectivity index (χ2v) is 7.35. The van der Waals surface area contributed by atoms with E-state index in [1.807, 2.05) is 89.8 Å². The van der Waals surface area contributed by atoms with Gasteiger partial charge in [0.15, 0.2) is 5.82 Å². The monoisotopic (exact) mass is 409 g/mol. The smallest absolute Gasteiger partial charge is 0.156 e. The van der Waals surface area contributed by atoms with Crippen LogP contribution in [0.4, 0.5) is 5.82 Å². The molecule has 4 rings (SSSR count). The van der Waals surface area contributed by atoms with Crippen LogP contribution in [0, 0.1) is 0 Å². The fourth-order valence-corrected chi connectivity index (χ4v) is 3.36. The van der Waals surface area contributed by atoms with Gasteiger partial charge < -0.3 is 4.74 Å². The molecule has 156 valence electrons. The molecule has 4 heteroatoms. The number of hydrogen-bond donors (Lipinski definition) is 0. The highest BCUT2D eigenvalue weighted by Crippen LogP contribution is 2.27. The second kappa shape index (κ2) is 10.4. The lowest BCUT2D eigenvalue weighted by molar-refractivity contribution is 0.306. The summed E-state index contributed by atoms with van der Waals surface area (Å²) in [6, 6.07) is 30.3. The van der Waals surface area contributed by atoms with Crippen molar-refractivity contribution in [2.24, 2.45) is 4.99 Å². The highest BCUT2D eigenvalue weighted by molar-refractivity contribution is 5.85. The molecule has 0 saturated carbocycles. The van der Waals surface area contributed by atoms with Gasteiger partial charge in [0.2, 0.25) is 0 Å². The predicted octanol–water partition coefficient (Wildman–Crippen LogP) is 6.86. The molecule has 0 fully saturated rings. The van der Waals surface area contributed by atoms with Gasteiger partial charge in [-0.05, 0) is 30.7 Å². The number of rotatable bonds is 9. The molecule has 0 radical (unpaired) electrons. The first-order chi connectivity index (χ1) is 15.3. The second-order valence-electron chi connectivity index (χ2n) is 7.35. The maximum Gasteiger partial charge on any atom is 0.156 e. The van der Waals surface area contributed by atoms with Crippen molar-refractivity contribution in [3.8, 4) is 22.7 Å². The summed E-state index contributed by atoms with van der Waals surface area (Å²) >= 11 is 0. The predicted molar refractivity (Wildman–Crippen MR) is 128 cm³/mol. The van der Waals surface area contributed by atoms with Crippen molar-refractivity contribution in [3.05, 3.63) is 96.6 Å². The van der Waals surface area contributed by atoms with Crippen LogP contribution >= 0.6 is 0 Å². The first-order valence-electron chi connectivity index (χ1n) is 10.8. The van der Waals surface area contributed by atoms with Gasteiger partial charge in [-0.15, -0.1) is 0 Å². The lowest BCUT2D eigenvalue weighted by Gasteiger charge is -2.08. The minimum absolute atomic E-state index is 0.721. The number of nitrogens with zero attached hydrogens (tertiary/aromatic N) is 3. The zero-order valence-electron chi connectivity index (χ0n) is 17.8. The molecule has 0 amide bonds. The van der Waals surface area contributed by atoms with Gasteiger partial charge >= 0.3 is 0 Å². The van der Waals surface area contributed by atoms with Crippen LogP contribution in [0.15, 0.2) is 96.0 Å². The quantitative estimate of drug-likeness (QED) is 0.224. The van der Waals surface area contributed by atoms with Gasteiger partial charge in [-0.3, -0.25) is 0 Å². The van der Waals surface area contributed by atoms with Crippen LogP contribution in [0.2, 0.25) is 0 Å². The molecule has 4 aromatic rings. The molecule has 0 aliphatic heterocycles. The van der Waals surface area contributed by atoms with Crippen molar-refractivity contribution in [2.75, 3.05) is 6.61 Å². The van der Waals surface area contributed by atoms with Gasteiger partial charge in [0.05, 0.1) is 18.0 Å². The Balaban J connectivity index is 1.65. The Morgan fingerprint density at radius 2 is 1.58 bits per heavy atom. The number of unbranched alkanes of at least 4 members (excludes halogenated alkanes) is 2. The van der Waals surface area contributed by atoms with Crippen molar-refractivity contribution in [1.82, 2.24) is 9.78 Å². The lowest BCUT2D eigenvalue weighted by Crippen LogP contribution is -2.00. The van der Waals surface area contributed by atoms with E-state index < -0.39 is 0 Å². The van der Waals surface area contributed by atoms with Gasteiger partial charge in [-0.25, -0.2) is 9.67 Å². The molecule has 4 nitrogen and oxygen atoms in total. The molecule has 0 aliphatic rings. The summed E-state index contributed by atoms with van der Waals surface area (Å²) in [5.41, 5.74) is 3.89. The fraction of sp³-hybridized carbons (Fsp3) is 0.185. The summed E-state index contributed by atoms with van der Waals surface area (Å²) in [5.74, 6) is 1.63. The van der Waals surface area contributed by atoms with Crippen molar-refractivity contribution >= 4 is 12.0 Å². The number of aromatic nitrogens is 2. The summed E-state index contributed by atoms with van der Waals surface area (Å²) in [7, 11) is 0. The number of hydrogen-bond acceptors (Lipinski definition) is 3. The molecule has 31 heavy (non-hydrogen) atoms. The van der Waals surface area contributed by atoms with Gasteiger partial charge in [-0.1, -0.05) is 80.4 Å². The average Bonchev–Trinajstić information content (AvgIpc) is 3.27. The van der Waals surface area contributed by atoms with E-state index >= 15 is 0 Å². The SMILES string of the molecule is CCCCCOc1ccccc1C=Nc1cc(-c2ccccc2)nn1-c1ccccc1. The molecule has 0 aliphatic carbocycles. The Labute approximate surface area is 183 Å². The number of aliphatic imine (C=N–C) groups is 1. The standard InChI is InChI=1S/C27H27N3O/c1-2-3-12-19-31-26-18-11-10-15-23(26)21-28-27-20-25(22-13-6-4-7-14-22)29-30(27)24-16-8-5-9-17-24/h4-11,13-18,20-21H,2-3,12,19H2,1H3. The molecular weight excluding hydrogens is 382 g/mol. The fourth-order valence-electron chi connectivity index (χ4n) is 3.36. The third-order valence-electron chi connectivity index (χ3n) is 5.02. The van der Waals surface area contributed by atoms with Crippen LogP contribution in [0.25, 0.3) is 16.9 Å². The highest BCUT2D eigenvalue weighted by atomic mass is 16.5. The van der Waals surface area contributed by atoms with Crippen molar-refractivity contribution in [3.63, 3.8) is 0 Å². The first-order valence-corrected chi connectivity index (χ1v) is 10.8. The van der Waals surface area contributed by atoms with Crippen LogP contribution < -0.4 is 4.74 Å². The molecule has 0 atom stereocenters. The van der Waals surface area contributed by atoms with Gasteiger partial charge in [0, 0.05) is 23.4 Å². The topological polar surface area (TPSA) is 39.4 Å². The summed E-state index contributed by atoms with van der Waals surface area (Å²) in [6.07, 6.45) is 5.28. The van der Waals surface area contributed by atoms with E-state index in [0.717, 1.165) is 47.1 Å². The van der Waals surface area contributed by atoms with Crippen LogP contribution in [-0.2, 0) is 0 Å². The van der Waals surface area contributed by atoms with Crippen LogP contribution in [0.5, 0.6) is 5.75 Å². The summed E-state index contributed by atoms with van der Waals surface area (Å²) in [4.78, 5) is 4.80. The molecule has 0 unspecified atom stereocenters. The van der Waals surface area contributed by atoms with E-state index in [0.29, 0.717) is 0 Å². The average molecular weight is 410 g/mol. The molecule has 0 N–H and O–H groups in total. The van der Waals surface area contributed by atoms with Crippen molar-refractivity contribution in [1.29, 1.82) is 0 Å². The summed E-state index contributed by atoms with van der Waals surface area (Å²) in [5, 5.41) is 4.83. The minimum Gasteiger partial charge on any atom is -0.493 e. The Morgan fingerprint density at radius 3 is 2.35 bits per heavy atom. The Morgan fingerprint density at radius 1 is 0.871 bits per heavy atom. The number of para-hydroxylation sites is 2. The van der Waals surface area contributed by atoms with E-state index in [9.17, 15) is 0 Å². The van der Waals surface area contributed by atoms with Crippen LogP contribution in [-0.4, -0.2) is 22.6 Å². The Bertz CT molecular complexity index is 1120. The molecule has 1 heterocycles. The van der Waals surface area contributed by atoms with Gasteiger partial charge in [-0.2, -0.15) is 5.10 Å². The van der Waals surface area contributed by atoms with E-state index in [1.54, 1.807) is 0 Å². The Hall–Kier alpha value is -3.66. The summed E-state index contributed by atoms with van der Waals surface area (Å²) in [6.45, 7) is 2.92. The third-order valence-corrected chi connectivity index (χ3v) is 5.02. The van der Waals surface area contributed by atoms with Crippen LogP contribution in [0.1, 0.15) is 31.7 Å². The minimum atomic E-state index is 0.721. The molecule has 3 aromatic carbocycles. The summed E-state index contributed by atoms with van der Waals surface area (Å²) < 4.78 is 7.88. The molecule has 0 spiro atoms. The maximum absolute atomic E-state index is 6.00. The van der Waals surface area contributed by atoms with Gasteiger partial charge in [0.1, 0.15) is 5.75 Å². The van der Waals surface area contributed by atoms with Crippen molar-refractivity contribution in [2.45, 2.75) is 26.2 Å². The number of ether oxygens (including phenoxy) is 1. The number of benzene rings is 3. The first kappa shape index (κ1) is 20.6. The molecule has 0 bridgehead atoms. The Kier molecular flexibility index (Phi) is 6.91. The van der Waals surface area contributed by atoms with Crippen LogP contribution in [0.3, 0.4) is 0 Å². The normalized spacial score (nSPS) is 11.1. The zero-order chi connectivity index (χ0) is 21.3. The zero-order valence-corrected chi connectivity index (χ0v) is 17.8. The molecule has 0 saturated heterocycles. The third kappa shape index (κ3) is 5.28. The maximum atomic E-state index is 6.00. The van der Waals surface area contributed by atoms with E-state index in [4.69, 9.17) is 14.8 Å². The van der Waals surface area contributed by atoms with Crippen molar-refractivity contribution < 1.29 is 4.74 Å². The lowest BCUT2D eigenvalue weighted by atomic mass is 10.1. The van der Waals surface area contributed by atoms with E-state index in [2.05, 4.69) is 19.1 Å². The molecular formula is C27H27N3O. The highest BCUT2D eigenvalue weighted by Gasteiger charge is 2.10.